The topological polar surface area (TPSA) is 164 Å². The molecule has 2 amide bonds. The number of hydrogen-bond donors (Lipinski definition) is 2. The van der Waals surface area contributed by atoms with Crippen LogP contribution in [0.15, 0.2) is 29.1 Å². The zero-order valence-electron chi connectivity index (χ0n) is 30.4. The maximum atomic E-state index is 14.2. The minimum Gasteiger partial charge on any atom is -0.457 e. The van der Waals surface area contributed by atoms with Crippen molar-refractivity contribution in [2.75, 3.05) is 11.9 Å². The smallest absolute Gasteiger partial charge is 0.412 e. The van der Waals surface area contributed by atoms with Gasteiger partial charge in [0.15, 0.2) is 0 Å². The number of fused-ring (bicyclic) bond motifs is 5. The van der Waals surface area contributed by atoms with Gasteiger partial charge in [-0.25, -0.2) is 19.4 Å². The molecular formula is C36H46N4O9Si. The van der Waals surface area contributed by atoms with E-state index in [4.69, 9.17) is 23.9 Å². The summed E-state index contributed by atoms with van der Waals surface area (Å²) in [5, 5.41) is 7.29. The van der Waals surface area contributed by atoms with Gasteiger partial charge >= 0.3 is 24.1 Å². The molecule has 2 aromatic heterocycles. The molecule has 14 heteroatoms. The Bertz CT molecular complexity index is 1970. The quantitative estimate of drug-likeness (QED) is 0.144. The van der Waals surface area contributed by atoms with Gasteiger partial charge in [0.25, 0.3) is 5.56 Å². The van der Waals surface area contributed by atoms with Gasteiger partial charge in [0.1, 0.15) is 17.8 Å². The molecule has 1 unspecified atom stereocenters. The number of carbonyl (C=O) groups excluding carboxylic acids is 4. The number of carbonyl (C=O) groups is 4. The summed E-state index contributed by atoms with van der Waals surface area (Å²) in [6.07, 6.45) is -1.48. The molecule has 50 heavy (non-hydrogen) atoms. The molecule has 3 aromatic rings. The SMILES string of the molecule is CCC1(OC(=O)CCNC(=O)OC(C)(C)C)C(=O)OCc2c1cc1n(c2=O)Cc2c-1nc1ccc(NC(=O)OC(C)(C)C)cc1c2[Si](C)(C)C. The van der Waals surface area contributed by atoms with Gasteiger partial charge in [-0.2, -0.15) is 0 Å². The van der Waals surface area contributed by atoms with E-state index in [-0.39, 0.29) is 49.2 Å². The normalized spacial score (nSPS) is 16.9. The molecule has 0 fully saturated rings. The Morgan fingerprint density at radius 2 is 1.64 bits per heavy atom. The Labute approximate surface area is 292 Å². The number of nitrogens with zero attached hydrogens (tertiary/aromatic N) is 2. The Morgan fingerprint density at radius 3 is 2.26 bits per heavy atom. The first-order valence-electron chi connectivity index (χ1n) is 16.7. The number of benzene rings is 1. The van der Waals surface area contributed by atoms with E-state index < -0.39 is 49.0 Å². The lowest BCUT2D eigenvalue weighted by atomic mass is 9.85. The molecule has 0 saturated heterocycles. The number of alkyl carbamates (subject to hydrolysis) is 1. The highest BCUT2D eigenvalue weighted by molar-refractivity contribution is 6.90. The summed E-state index contributed by atoms with van der Waals surface area (Å²) in [7, 11) is -2.13. The zero-order valence-corrected chi connectivity index (χ0v) is 31.4. The van der Waals surface area contributed by atoms with Gasteiger partial charge in [0.2, 0.25) is 5.60 Å². The van der Waals surface area contributed by atoms with Crippen molar-refractivity contribution in [3.63, 3.8) is 0 Å². The molecule has 0 saturated carbocycles. The molecule has 5 rings (SSSR count). The van der Waals surface area contributed by atoms with Crippen LogP contribution in [-0.2, 0) is 47.3 Å². The fourth-order valence-corrected chi connectivity index (χ4v) is 8.53. The predicted octanol–water partition coefficient (Wildman–Crippen LogP) is 5.44. The Hall–Kier alpha value is -4.72. The Kier molecular flexibility index (Phi) is 9.41. The number of pyridine rings is 2. The molecule has 0 aliphatic carbocycles. The lowest BCUT2D eigenvalue weighted by Gasteiger charge is -2.35. The number of hydrogen-bond acceptors (Lipinski definition) is 10. The van der Waals surface area contributed by atoms with Crippen LogP contribution in [0.25, 0.3) is 22.3 Å². The van der Waals surface area contributed by atoms with E-state index in [1.807, 2.05) is 12.1 Å². The zero-order chi connectivity index (χ0) is 37.0. The molecule has 1 atom stereocenters. The van der Waals surface area contributed by atoms with E-state index in [1.165, 1.54) is 0 Å². The van der Waals surface area contributed by atoms with Crippen molar-refractivity contribution >= 4 is 54.0 Å². The molecule has 0 spiro atoms. The van der Waals surface area contributed by atoms with Gasteiger partial charge in [-0.3, -0.25) is 14.9 Å². The van der Waals surface area contributed by atoms with Gasteiger partial charge in [-0.15, -0.1) is 0 Å². The number of amides is 2. The average Bonchev–Trinajstić information content (AvgIpc) is 3.33. The number of ether oxygens (including phenoxy) is 4. The van der Waals surface area contributed by atoms with E-state index in [0.29, 0.717) is 22.6 Å². The molecule has 13 nitrogen and oxygen atoms in total. The summed E-state index contributed by atoms with van der Waals surface area (Å²) in [6, 6.07) is 7.20. The van der Waals surface area contributed by atoms with Crippen molar-refractivity contribution in [2.24, 2.45) is 0 Å². The maximum Gasteiger partial charge on any atom is 0.412 e. The molecule has 0 radical (unpaired) electrons. The van der Waals surface area contributed by atoms with Gasteiger partial charge in [-0.05, 0) is 83.0 Å². The van der Waals surface area contributed by atoms with Crippen LogP contribution in [0.4, 0.5) is 15.3 Å². The van der Waals surface area contributed by atoms with E-state index in [9.17, 15) is 24.0 Å². The lowest BCUT2D eigenvalue weighted by Crippen LogP contribution is -2.47. The summed E-state index contributed by atoms with van der Waals surface area (Å²) in [5.74, 6) is -1.53. The monoisotopic (exact) mass is 706 g/mol. The van der Waals surface area contributed by atoms with Crippen LogP contribution in [0, 0.1) is 0 Å². The standard InChI is InChI=1S/C36H46N4O9Si/c1-11-36(47-27(41)14-15-37-32(44)48-34(2,3)4)24-17-26-28-22(18-40(26)30(42)23(24)19-46-31(36)43)29(50(8,9)10)21-16-20(12-13-25(21)39-28)38-33(45)49-35(5,6)7/h12-13,16-17H,11,14-15,18-19H2,1-10H3,(H,37,44)(H,38,45). The highest BCUT2D eigenvalue weighted by Gasteiger charge is 2.50. The summed E-state index contributed by atoms with van der Waals surface area (Å²) in [5.41, 5.74) is 0.151. The minimum absolute atomic E-state index is 0.0124. The van der Waals surface area contributed by atoms with Crippen molar-refractivity contribution in [1.82, 2.24) is 14.9 Å². The highest BCUT2D eigenvalue weighted by atomic mass is 28.3. The summed E-state index contributed by atoms with van der Waals surface area (Å²) >= 11 is 0. The lowest BCUT2D eigenvalue weighted by molar-refractivity contribution is -0.189. The number of cyclic esters (lactones) is 1. The van der Waals surface area contributed by atoms with Crippen LogP contribution in [0.2, 0.25) is 19.6 Å². The van der Waals surface area contributed by atoms with Gasteiger partial charge < -0.3 is 28.8 Å². The van der Waals surface area contributed by atoms with Crippen LogP contribution in [-0.4, -0.2) is 59.5 Å². The van der Waals surface area contributed by atoms with E-state index in [0.717, 1.165) is 16.1 Å². The second kappa shape index (κ2) is 12.9. The van der Waals surface area contributed by atoms with Gasteiger partial charge in [0, 0.05) is 23.2 Å². The van der Waals surface area contributed by atoms with E-state index in [2.05, 4.69) is 30.3 Å². The number of aromatic nitrogens is 2. The third-order valence-corrected chi connectivity index (χ3v) is 10.4. The summed E-state index contributed by atoms with van der Waals surface area (Å²) < 4.78 is 23.6. The Morgan fingerprint density at radius 1 is 0.980 bits per heavy atom. The first-order valence-corrected chi connectivity index (χ1v) is 20.2. The van der Waals surface area contributed by atoms with Crippen LogP contribution in [0.3, 0.4) is 0 Å². The fraction of sp³-hybridized carbons (Fsp3) is 0.500. The molecule has 4 heterocycles. The molecule has 2 aliphatic heterocycles. The third-order valence-electron chi connectivity index (χ3n) is 8.34. The molecule has 2 N–H and O–H groups in total. The number of anilines is 1. The van der Waals surface area contributed by atoms with Crippen LogP contribution >= 0.6 is 0 Å². The maximum absolute atomic E-state index is 14.2. The summed E-state index contributed by atoms with van der Waals surface area (Å²) in [4.78, 5) is 70.4. The fourth-order valence-electron chi connectivity index (χ4n) is 6.42. The predicted molar refractivity (Wildman–Crippen MR) is 190 cm³/mol. The molecule has 2 aliphatic rings. The van der Waals surface area contributed by atoms with E-state index >= 15 is 0 Å². The highest BCUT2D eigenvalue weighted by Crippen LogP contribution is 2.41. The van der Waals surface area contributed by atoms with Crippen molar-refractivity contribution < 1.29 is 38.1 Å². The van der Waals surface area contributed by atoms with Crippen molar-refractivity contribution in [2.45, 2.75) is 111 Å². The molecule has 268 valence electrons. The first-order chi connectivity index (χ1) is 23.1. The summed E-state index contributed by atoms with van der Waals surface area (Å²) in [6.45, 7) is 18.8. The van der Waals surface area contributed by atoms with Crippen LogP contribution in [0.1, 0.15) is 78.0 Å². The largest absolute Gasteiger partial charge is 0.457 e. The van der Waals surface area contributed by atoms with Gasteiger partial charge in [0.05, 0.1) is 43.5 Å². The van der Waals surface area contributed by atoms with Crippen molar-refractivity contribution in [3.05, 3.63) is 51.3 Å². The molecule has 0 bridgehead atoms. The second-order valence-electron chi connectivity index (χ2n) is 15.6. The number of nitrogens with one attached hydrogen (secondary N) is 2. The minimum atomic E-state index is -2.13. The van der Waals surface area contributed by atoms with Crippen molar-refractivity contribution in [1.29, 1.82) is 0 Å². The third kappa shape index (κ3) is 7.25. The number of esters is 2. The molecular weight excluding hydrogens is 661 g/mol. The van der Waals surface area contributed by atoms with E-state index in [1.54, 1.807) is 65.2 Å². The van der Waals surface area contributed by atoms with Crippen LogP contribution in [0.5, 0.6) is 0 Å². The van der Waals surface area contributed by atoms with Gasteiger partial charge in [-0.1, -0.05) is 26.6 Å². The second-order valence-corrected chi connectivity index (χ2v) is 20.6. The van der Waals surface area contributed by atoms with Crippen molar-refractivity contribution in [3.8, 4) is 11.4 Å². The van der Waals surface area contributed by atoms with Crippen LogP contribution < -0.4 is 21.4 Å². The Balaban J connectivity index is 1.55. The average molecular weight is 707 g/mol. The number of rotatable bonds is 7. The first kappa shape index (κ1) is 36.6. The molecule has 1 aromatic carbocycles.